The Hall–Kier alpha value is -1.70. The van der Waals surface area contributed by atoms with Crippen molar-refractivity contribution in [3.05, 3.63) is 41.1 Å². The molecule has 0 amide bonds. The molecule has 0 spiro atoms. The first-order valence-corrected chi connectivity index (χ1v) is 7.95. The van der Waals surface area contributed by atoms with Crippen LogP contribution in [-0.2, 0) is 6.42 Å². The largest absolute Gasteiger partial charge is 0.370 e. The molecule has 104 valence electrons. The fourth-order valence-corrected chi connectivity index (χ4v) is 3.95. The van der Waals surface area contributed by atoms with Gasteiger partial charge in [0.1, 0.15) is 0 Å². The molecule has 2 aromatic rings. The molecule has 0 bridgehead atoms. The van der Waals surface area contributed by atoms with Crippen molar-refractivity contribution >= 4 is 16.6 Å². The molecule has 4 rings (SSSR count). The Bertz CT molecular complexity index is 678. The zero-order valence-corrected chi connectivity index (χ0v) is 12.2. The molecular formula is C18H22N2. The summed E-state index contributed by atoms with van der Waals surface area (Å²) in [5.74, 6) is 0. The van der Waals surface area contributed by atoms with Crippen molar-refractivity contribution < 1.29 is 0 Å². The summed E-state index contributed by atoms with van der Waals surface area (Å²) in [6.45, 7) is 4.75. The molecule has 3 heterocycles. The summed E-state index contributed by atoms with van der Waals surface area (Å²) in [5, 5.41) is 1.43. The highest BCUT2D eigenvalue weighted by atomic mass is 15.2. The number of aryl methyl sites for hydroxylation is 1. The maximum absolute atomic E-state index is 3.72. The topological polar surface area (TPSA) is 19.0 Å². The average molecular weight is 266 g/mol. The molecule has 0 saturated heterocycles. The maximum Gasteiger partial charge on any atom is 0.0661 e. The standard InChI is InChI=1S/C18H22N2/c1-2-13-7-5-11-20-12-6-9-15-14-8-3-4-10-16(14)19-17(15)18(13)20/h3-4,8,10,19H,2,5-7,9,11-12H2,1H3. The monoisotopic (exact) mass is 266 g/mol. The van der Waals surface area contributed by atoms with Crippen LogP contribution in [0.3, 0.4) is 0 Å². The van der Waals surface area contributed by atoms with Gasteiger partial charge in [-0.25, -0.2) is 0 Å². The van der Waals surface area contributed by atoms with E-state index in [1.807, 2.05) is 0 Å². The lowest BCUT2D eigenvalue weighted by Crippen LogP contribution is -2.28. The Morgan fingerprint density at radius 1 is 1.10 bits per heavy atom. The minimum Gasteiger partial charge on any atom is -0.370 e. The zero-order valence-electron chi connectivity index (χ0n) is 12.2. The van der Waals surface area contributed by atoms with Crippen LogP contribution in [0.15, 0.2) is 29.8 Å². The van der Waals surface area contributed by atoms with Crippen LogP contribution >= 0.6 is 0 Å². The summed E-state index contributed by atoms with van der Waals surface area (Å²) in [5.41, 5.74) is 7.44. The maximum atomic E-state index is 3.72. The quantitative estimate of drug-likeness (QED) is 0.814. The molecule has 1 aromatic heterocycles. The number of rotatable bonds is 1. The lowest BCUT2D eigenvalue weighted by atomic mass is 9.96. The smallest absolute Gasteiger partial charge is 0.0661 e. The molecule has 20 heavy (non-hydrogen) atoms. The number of nitrogens with zero attached hydrogens (tertiary/aromatic N) is 1. The molecule has 1 aromatic carbocycles. The summed E-state index contributed by atoms with van der Waals surface area (Å²) in [6, 6.07) is 8.78. The van der Waals surface area contributed by atoms with Gasteiger partial charge in [-0.3, -0.25) is 0 Å². The van der Waals surface area contributed by atoms with Crippen LogP contribution in [0.25, 0.3) is 16.6 Å². The van der Waals surface area contributed by atoms with Crippen LogP contribution in [0.2, 0.25) is 0 Å². The van der Waals surface area contributed by atoms with Gasteiger partial charge in [0.25, 0.3) is 0 Å². The van der Waals surface area contributed by atoms with Crippen LogP contribution in [0.4, 0.5) is 0 Å². The van der Waals surface area contributed by atoms with Crippen molar-refractivity contribution in [2.45, 2.75) is 39.0 Å². The first kappa shape index (κ1) is 12.1. The van der Waals surface area contributed by atoms with Gasteiger partial charge in [-0.05, 0) is 49.3 Å². The lowest BCUT2D eigenvalue weighted by Gasteiger charge is -2.32. The first-order chi connectivity index (χ1) is 9.88. The van der Waals surface area contributed by atoms with Gasteiger partial charge >= 0.3 is 0 Å². The van der Waals surface area contributed by atoms with E-state index < -0.39 is 0 Å². The van der Waals surface area contributed by atoms with Gasteiger partial charge in [0, 0.05) is 24.0 Å². The molecule has 0 radical (unpaired) electrons. The number of hydrogen-bond acceptors (Lipinski definition) is 1. The SMILES string of the molecule is CCC1=C2c3[nH]c4ccccc4c3CCCN2CCC1. The van der Waals surface area contributed by atoms with E-state index in [2.05, 4.69) is 41.1 Å². The summed E-state index contributed by atoms with van der Waals surface area (Å²) in [4.78, 5) is 6.35. The van der Waals surface area contributed by atoms with E-state index in [0.717, 1.165) is 0 Å². The van der Waals surface area contributed by atoms with E-state index >= 15 is 0 Å². The van der Waals surface area contributed by atoms with Crippen molar-refractivity contribution in [3.8, 4) is 0 Å². The zero-order chi connectivity index (χ0) is 13.5. The number of aromatic nitrogens is 1. The van der Waals surface area contributed by atoms with Gasteiger partial charge in [-0.15, -0.1) is 0 Å². The Kier molecular flexibility index (Phi) is 2.83. The molecule has 1 N–H and O–H groups in total. The highest BCUT2D eigenvalue weighted by molar-refractivity contribution is 5.89. The average Bonchev–Trinajstić information content (AvgIpc) is 2.75. The van der Waals surface area contributed by atoms with Crippen LogP contribution in [0, 0.1) is 0 Å². The number of H-pyrrole nitrogens is 1. The van der Waals surface area contributed by atoms with Crippen LogP contribution < -0.4 is 0 Å². The number of fused-ring (bicyclic) bond motifs is 5. The molecule has 2 nitrogen and oxygen atoms in total. The first-order valence-electron chi connectivity index (χ1n) is 7.95. The van der Waals surface area contributed by atoms with Gasteiger partial charge in [0.15, 0.2) is 0 Å². The fraction of sp³-hybridized carbons (Fsp3) is 0.444. The lowest BCUT2D eigenvalue weighted by molar-refractivity contribution is 0.367. The van der Waals surface area contributed by atoms with Gasteiger partial charge in [0.05, 0.1) is 11.4 Å². The third-order valence-electron chi connectivity index (χ3n) is 4.89. The van der Waals surface area contributed by atoms with Crippen molar-refractivity contribution in [2.75, 3.05) is 13.1 Å². The summed E-state index contributed by atoms with van der Waals surface area (Å²) in [7, 11) is 0. The molecular weight excluding hydrogens is 244 g/mol. The van der Waals surface area contributed by atoms with E-state index in [0.29, 0.717) is 0 Å². The van der Waals surface area contributed by atoms with Gasteiger partial charge in [-0.1, -0.05) is 25.1 Å². The number of hydrogen-bond donors (Lipinski definition) is 1. The van der Waals surface area contributed by atoms with Crippen molar-refractivity contribution in [1.29, 1.82) is 0 Å². The number of nitrogens with one attached hydrogen (secondary N) is 1. The molecule has 2 aliphatic heterocycles. The highest BCUT2D eigenvalue weighted by Gasteiger charge is 2.27. The highest BCUT2D eigenvalue weighted by Crippen LogP contribution is 2.38. The van der Waals surface area contributed by atoms with Crippen molar-refractivity contribution in [2.24, 2.45) is 0 Å². The molecule has 0 aliphatic carbocycles. The van der Waals surface area contributed by atoms with Crippen molar-refractivity contribution in [3.63, 3.8) is 0 Å². The van der Waals surface area contributed by atoms with Crippen LogP contribution in [0.1, 0.15) is 43.9 Å². The molecule has 0 fully saturated rings. The van der Waals surface area contributed by atoms with Gasteiger partial charge < -0.3 is 9.88 Å². The normalized spacial score (nSPS) is 18.9. The number of para-hydroxylation sites is 1. The Morgan fingerprint density at radius 3 is 2.75 bits per heavy atom. The minimum atomic E-state index is 1.18. The second kappa shape index (κ2) is 4.69. The van der Waals surface area contributed by atoms with Gasteiger partial charge in [0.2, 0.25) is 0 Å². The minimum absolute atomic E-state index is 1.18. The summed E-state index contributed by atoms with van der Waals surface area (Å²) < 4.78 is 0. The van der Waals surface area contributed by atoms with E-state index in [9.17, 15) is 0 Å². The predicted molar refractivity (Wildman–Crippen MR) is 84.6 cm³/mol. The Balaban J connectivity index is 2.00. The number of aromatic amines is 1. The molecule has 0 saturated carbocycles. The third kappa shape index (κ3) is 1.71. The van der Waals surface area contributed by atoms with Crippen LogP contribution in [-0.4, -0.2) is 23.0 Å². The van der Waals surface area contributed by atoms with Crippen molar-refractivity contribution in [1.82, 2.24) is 9.88 Å². The number of allylic oxidation sites excluding steroid dienone is 1. The third-order valence-corrected chi connectivity index (χ3v) is 4.89. The Labute approximate surface area is 120 Å². The van der Waals surface area contributed by atoms with E-state index in [1.165, 1.54) is 67.5 Å². The fourth-order valence-electron chi connectivity index (χ4n) is 3.95. The molecule has 0 unspecified atom stereocenters. The predicted octanol–water partition coefficient (Wildman–Crippen LogP) is 4.33. The molecule has 0 atom stereocenters. The Morgan fingerprint density at radius 2 is 1.90 bits per heavy atom. The van der Waals surface area contributed by atoms with E-state index in [1.54, 1.807) is 11.1 Å². The number of benzene rings is 1. The van der Waals surface area contributed by atoms with Gasteiger partial charge in [-0.2, -0.15) is 0 Å². The summed E-state index contributed by atoms with van der Waals surface area (Å²) in [6.07, 6.45) is 6.26. The summed E-state index contributed by atoms with van der Waals surface area (Å²) >= 11 is 0. The second-order valence-corrected chi connectivity index (χ2v) is 6.02. The van der Waals surface area contributed by atoms with E-state index in [-0.39, 0.29) is 0 Å². The molecule has 2 aliphatic rings. The second-order valence-electron chi connectivity index (χ2n) is 6.02. The van der Waals surface area contributed by atoms with Crippen LogP contribution in [0.5, 0.6) is 0 Å². The molecule has 2 heteroatoms. The van der Waals surface area contributed by atoms with E-state index in [4.69, 9.17) is 0 Å².